The van der Waals surface area contributed by atoms with Crippen molar-refractivity contribution in [1.29, 1.82) is 0 Å². The van der Waals surface area contributed by atoms with Crippen molar-refractivity contribution >= 4 is 22.4 Å². The van der Waals surface area contributed by atoms with Gasteiger partial charge in [0.25, 0.3) is 5.56 Å². The Bertz CT molecular complexity index is 629. The van der Waals surface area contributed by atoms with E-state index >= 15 is 0 Å². The van der Waals surface area contributed by atoms with E-state index < -0.39 is 0 Å². The van der Waals surface area contributed by atoms with Gasteiger partial charge in [-0.2, -0.15) is 0 Å². The Hall–Kier alpha value is -2.10. The van der Waals surface area contributed by atoms with Gasteiger partial charge in [0, 0.05) is 36.1 Å². The molecule has 1 aromatic carbocycles. The van der Waals surface area contributed by atoms with Gasteiger partial charge in [0.2, 0.25) is 5.91 Å². The fourth-order valence-corrected chi connectivity index (χ4v) is 1.87. The molecular weight excluding hydrogens is 216 g/mol. The summed E-state index contributed by atoms with van der Waals surface area (Å²) in [6.45, 7) is 4.01. The summed E-state index contributed by atoms with van der Waals surface area (Å²) >= 11 is 0. The van der Waals surface area contributed by atoms with Crippen molar-refractivity contribution in [2.24, 2.45) is 0 Å². The zero-order valence-electron chi connectivity index (χ0n) is 9.86. The molecule has 0 saturated heterocycles. The highest BCUT2D eigenvalue weighted by Crippen LogP contribution is 2.20. The fourth-order valence-electron chi connectivity index (χ4n) is 1.87. The predicted molar refractivity (Wildman–Crippen MR) is 68.2 cm³/mol. The van der Waals surface area contributed by atoms with Gasteiger partial charge in [-0.3, -0.25) is 9.59 Å². The number of amides is 1. The molecule has 0 bridgehead atoms. The van der Waals surface area contributed by atoms with Crippen molar-refractivity contribution in [2.75, 3.05) is 5.32 Å². The Kier molecular flexibility index (Phi) is 2.95. The smallest absolute Gasteiger partial charge is 0.258 e. The van der Waals surface area contributed by atoms with E-state index in [1.807, 2.05) is 13.0 Å². The third-order valence-corrected chi connectivity index (χ3v) is 2.67. The molecule has 0 radical (unpaired) electrons. The molecule has 4 heteroatoms. The van der Waals surface area contributed by atoms with Crippen molar-refractivity contribution in [1.82, 2.24) is 4.57 Å². The van der Waals surface area contributed by atoms with Crippen LogP contribution in [0.5, 0.6) is 0 Å². The van der Waals surface area contributed by atoms with Crippen LogP contribution in [0.3, 0.4) is 0 Å². The number of nitrogens with one attached hydrogen (secondary N) is 1. The highest BCUT2D eigenvalue weighted by molar-refractivity contribution is 6.00. The zero-order chi connectivity index (χ0) is 12.4. The summed E-state index contributed by atoms with van der Waals surface area (Å²) in [6, 6.07) is 7.19. The normalized spacial score (nSPS) is 10.5. The summed E-state index contributed by atoms with van der Waals surface area (Å²) in [4.78, 5) is 23.1. The van der Waals surface area contributed by atoms with Crippen molar-refractivity contribution in [2.45, 2.75) is 20.4 Å². The molecule has 4 nitrogen and oxygen atoms in total. The number of pyridine rings is 1. The largest absolute Gasteiger partial charge is 0.326 e. The second-order valence-corrected chi connectivity index (χ2v) is 3.85. The SMILES string of the molecule is CCn1ccc2c(NC(C)=O)cccc2c1=O. The molecule has 1 aromatic heterocycles. The number of hydrogen-bond donors (Lipinski definition) is 1. The van der Waals surface area contributed by atoms with E-state index in [0.29, 0.717) is 17.6 Å². The number of benzene rings is 1. The molecule has 17 heavy (non-hydrogen) atoms. The summed E-state index contributed by atoms with van der Waals surface area (Å²) in [5, 5.41) is 4.13. The summed E-state index contributed by atoms with van der Waals surface area (Å²) in [7, 11) is 0. The third-order valence-electron chi connectivity index (χ3n) is 2.67. The van der Waals surface area contributed by atoms with Gasteiger partial charge in [0.05, 0.1) is 0 Å². The maximum atomic E-state index is 12.0. The van der Waals surface area contributed by atoms with E-state index in [1.165, 1.54) is 6.92 Å². The Labute approximate surface area is 98.9 Å². The number of aromatic nitrogens is 1. The van der Waals surface area contributed by atoms with Crippen LogP contribution in [0.4, 0.5) is 5.69 Å². The maximum Gasteiger partial charge on any atom is 0.258 e. The molecule has 0 atom stereocenters. The van der Waals surface area contributed by atoms with Gasteiger partial charge in [0.15, 0.2) is 0 Å². The molecule has 0 saturated carbocycles. The molecule has 88 valence electrons. The molecule has 1 N–H and O–H groups in total. The number of hydrogen-bond acceptors (Lipinski definition) is 2. The van der Waals surface area contributed by atoms with E-state index in [1.54, 1.807) is 29.0 Å². The monoisotopic (exact) mass is 230 g/mol. The lowest BCUT2D eigenvalue weighted by molar-refractivity contribution is -0.114. The van der Waals surface area contributed by atoms with Crippen LogP contribution in [0.1, 0.15) is 13.8 Å². The number of fused-ring (bicyclic) bond motifs is 1. The minimum absolute atomic E-state index is 0.0304. The van der Waals surface area contributed by atoms with Gasteiger partial charge >= 0.3 is 0 Å². The van der Waals surface area contributed by atoms with Crippen LogP contribution < -0.4 is 10.9 Å². The Morgan fingerprint density at radius 2 is 2.06 bits per heavy atom. The van der Waals surface area contributed by atoms with Crippen molar-refractivity contribution < 1.29 is 4.79 Å². The lowest BCUT2D eigenvalue weighted by Crippen LogP contribution is -2.18. The van der Waals surface area contributed by atoms with Crippen LogP contribution in [0, 0.1) is 0 Å². The molecule has 0 spiro atoms. The summed E-state index contributed by atoms with van der Waals surface area (Å²) in [5.74, 6) is -0.142. The fraction of sp³-hybridized carbons (Fsp3) is 0.231. The molecule has 0 aliphatic heterocycles. The number of carbonyl (C=O) groups excluding carboxylic acids is 1. The van der Waals surface area contributed by atoms with Gasteiger partial charge < -0.3 is 9.88 Å². The summed E-state index contributed by atoms with van der Waals surface area (Å²) < 4.78 is 1.64. The second kappa shape index (κ2) is 4.41. The Morgan fingerprint density at radius 3 is 2.71 bits per heavy atom. The first-order valence-electron chi connectivity index (χ1n) is 5.53. The molecule has 2 aromatic rings. The van der Waals surface area contributed by atoms with Gasteiger partial charge in [0.1, 0.15) is 0 Å². The average Bonchev–Trinajstić information content (AvgIpc) is 2.30. The molecule has 0 aliphatic rings. The molecule has 0 unspecified atom stereocenters. The van der Waals surface area contributed by atoms with Crippen molar-refractivity contribution in [3.05, 3.63) is 40.8 Å². The van der Waals surface area contributed by atoms with Crippen LogP contribution >= 0.6 is 0 Å². The van der Waals surface area contributed by atoms with Crippen molar-refractivity contribution in [3.63, 3.8) is 0 Å². The first kappa shape index (κ1) is 11.4. The highest BCUT2D eigenvalue weighted by Gasteiger charge is 2.06. The minimum Gasteiger partial charge on any atom is -0.326 e. The number of aryl methyl sites for hydroxylation is 1. The topological polar surface area (TPSA) is 51.1 Å². The van der Waals surface area contributed by atoms with Crippen LogP contribution in [0.2, 0.25) is 0 Å². The lowest BCUT2D eigenvalue weighted by atomic mass is 10.1. The Morgan fingerprint density at radius 1 is 1.29 bits per heavy atom. The maximum absolute atomic E-state index is 12.0. The minimum atomic E-state index is -0.142. The summed E-state index contributed by atoms with van der Waals surface area (Å²) in [5.41, 5.74) is 0.646. The lowest BCUT2D eigenvalue weighted by Gasteiger charge is -2.08. The van der Waals surface area contributed by atoms with Crippen LogP contribution in [-0.2, 0) is 11.3 Å². The molecule has 0 aliphatic carbocycles. The third kappa shape index (κ3) is 2.06. The highest BCUT2D eigenvalue weighted by atomic mass is 16.1. The first-order chi connectivity index (χ1) is 8.13. The Balaban J connectivity index is 2.70. The van der Waals surface area contributed by atoms with Crippen LogP contribution in [0.15, 0.2) is 35.3 Å². The van der Waals surface area contributed by atoms with E-state index in [2.05, 4.69) is 5.32 Å². The quantitative estimate of drug-likeness (QED) is 0.857. The second-order valence-electron chi connectivity index (χ2n) is 3.85. The first-order valence-corrected chi connectivity index (χ1v) is 5.53. The van der Waals surface area contributed by atoms with E-state index in [4.69, 9.17) is 0 Å². The van der Waals surface area contributed by atoms with Gasteiger partial charge in [-0.25, -0.2) is 0 Å². The van der Waals surface area contributed by atoms with Gasteiger partial charge in [-0.05, 0) is 25.1 Å². The number of rotatable bonds is 2. The van der Waals surface area contributed by atoms with Gasteiger partial charge in [-0.15, -0.1) is 0 Å². The van der Waals surface area contributed by atoms with E-state index in [9.17, 15) is 9.59 Å². The molecule has 0 fully saturated rings. The molecule has 1 heterocycles. The van der Waals surface area contributed by atoms with E-state index in [0.717, 1.165) is 5.39 Å². The number of carbonyl (C=O) groups is 1. The molecule has 2 rings (SSSR count). The van der Waals surface area contributed by atoms with Crippen LogP contribution in [-0.4, -0.2) is 10.5 Å². The zero-order valence-corrected chi connectivity index (χ0v) is 9.86. The number of nitrogens with zero attached hydrogens (tertiary/aromatic N) is 1. The van der Waals surface area contributed by atoms with Gasteiger partial charge in [-0.1, -0.05) is 6.07 Å². The summed E-state index contributed by atoms with van der Waals surface area (Å²) in [6.07, 6.45) is 1.75. The van der Waals surface area contributed by atoms with Crippen molar-refractivity contribution in [3.8, 4) is 0 Å². The standard InChI is InChI=1S/C13H14N2O2/c1-3-15-8-7-10-11(13(15)17)5-4-6-12(10)14-9(2)16/h4-8H,3H2,1-2H3,(H,14,16). The van der Waals surface area contributed by atoms with E-state index in [-0.39, 0.29) is 11.5 Å². The average molecular weight is 230 g/mol. The number of anilines is 1. The molecule has 1 amide bonds. The molecular formula is C13H14N2O2. The predicted octanol–water partition coefficient (Wildman–Crippen LogP) is 1.98. The van der Waals surface area contributed by atoms with Crippen LogP contribution in [0.25, 0.3) is 10.8 Å².